The highest BCUT2D eigenvalue weighted by atomic mass is 32.2. The third-order valence-corrected chi connectivity index (χ3v) is 5.63. The molecule has 1 aromatic carbocycles. The minimum Gasteiger partial charge on any atom is -0.374 e. The SMILES string of the molecule is Cc1ccccc1CNC1CCOC2(CCSC2)C1. The minimum absolute atomic E-state index is 0.187. The number of ether oxygens (including phenoxy) is 1. The Kier molecular flexibility index (Phi) is 4.15. The Labute approximate surface area is 120 Å². The number of thioether (sulfide) groups is 1. The second-order valence-corrected chi connectivity index (χ2v) is 6.94. The molecule has 104 valence electrons. The lowest BCUT2D eigenvalue weighted by molar-refractivity contribution is -0.0703. The van der Waals surface area contributed by atoms with Crippen molar-refractivity contribution in [3.8, 4) is 0 Å². The molecule has 0 aliphatic carbocycles. The molecular weight excluding hydrogens is 254 g/mol. The van der Waals surface area contributed by atoms with Gasteiger partial charge >= 0.3 is 0 Å². The average molecular weight is 277 g/mol. The van der Waals surface area contributed by atoms with Gasteiger partial charge in [0.25, 0.3) is 0 Å². The van der Waals surface area contributed by atoms with Gasteiger partial charge in [0.2, 0.25) is 0 Å². The number of rotatable bonds is 3. The van der Waals surface area contributed by atoms with Crippen molar-refractivity contribution in [1.29, 1.82) is 0 Å². The van der Waals surface area contributed by atoms with Crippen molar-refractivity contribution in [2.24, 2.45) is 0 Å². The molecule has 2 aliphatic heterocycles. The fraction of sp³-hybridized carbons (Fsp3) is 0.625. The molecule has 2 atom stereocenters. The Hall–Kier alpha value is -0.510. The smallest absolute Gasteiger partial charge is 0.0795 e. The highest BCUT2D eigenvalue weighted by molar-refractivity contribution is 7.99. The fourth-order valence-corrected chi connectivity index (χ4v) is 4.51. The van der Waals surface area contributed by atoms with Crippen LogP contribution in [0.2, 0.25) is 0 Å². The average Bonchev–Trinajstić information content (AvgIpc) is 2.86. The van der Waals surface area contributed by atoms with Crippen molar-refractivity contribution in [2.45, 2.75) is 44.4 Å². The van der Waals surface area contributed by atoms with Crippen LogP contribution in [-0.4, -0.2) is 29.8 Å². The van der Waals surface area contributed by atoms with Crippen molar-refractivity contribution in [3.63, 3.8) is 0 Å². The van der Waals surface area contributed by atoms with Gasteiger partial charge in [0.1, 0.15) is 0 Å². The zero-order chi connectivity index (χ0) is 13.1. The number of aryl methyl sites for hydroxylation is 1. The number of hydrogen-bond acceptors (Lipinski definition) is 3. The second-order valence-electron chi connectivity index (χ2n) is 5.83. The van der Waals surface area contributed by atoms with Gasteiger partial charge in [-0.05, 0) is 43.1 Å². The maximum Gasteiger partial charge on any atom is 0.0795 e. The topological polar surface area (TPSA) is 21.3 Å². The third-order valence-electron chi connectivity index (χ3n) is 4.40. The summed E-state index contributed by atoms with van der Waals surface area (Å²) in [5.41, 5.74) is 2.99. The first kappa shape index (κ1) is 13.5. The molecule has 3 heteroatoms. The van der Waals surface area contributed by atoms with Crippen LogP contribution >= 0.6 is 11.8 Å². The molecular formula is C16H23NOS. The summed E-state index contributed by atoms with van der Waals surface area (Å²) in [6.45, 7) is 4.10. The number of benzene rings is 1. The van der Waals surface area contributed by atoms with Gasteiger partial charge in [-0.1, -0.05) is 24.3 Å². The molecule has 1 spiro atoms. The van der Waals surface area contributed by atoms with Gasteiger partial charge in [0.15, 0.2) is 0 Å². The van der Waals surface area contributed by atoms with E-state index in [1.165, 1.54) is 35.5 Å². The Morgan fingerprint density at radius 3 is 3.11 bits per heavy atom. The highest BCUT2D eigenvalue weighted by Crippen LogP contribution is 2.38. The van der Waals surface area contributed by atoms with Crippen molar-refractivity contribution >= 4 is 11.8 Å². The largest absolute Gasteiger partial charge is 0.374 e. The van der Waals surface area contributed by atoms with Crippen LogP contribution < -0.4 is 5.32 Å². The second kappa shape index (κ2) is 5.86. The maximum atomic E-state index is 6.07. The lowest BCUT2D eigenvalue weighted by Crippen LogP contribution is -2.47. The van der Waals surface area contributed by atoms with Crippen molar-refractivity contribution < 1.29 is 4.74 Å². The van der Waals surface area contributed by atoms with Crippen molar-refractivity contribution in [3.05, 3.63) is 35.4 Å². The fourth-order valence-electron chi connectivity index (χ4n) is 3.13. The summed E-state index contributed by atoms with van der Waals surface area (Å²) in [7, 11) is 0. The molecule has 2 aliphatic rings. The van der Waals surface area contributed by atoms with E-state index in [1.807, 2.05) is 11.8 Å². The lowest BCUT2D eigenvalue weighted by Gasteiger charge is -2.38. The zero-order valence-corrected chi connectivity index (χ0v) is 12.5. The van der Waals surface area contributed by atoms with Gasteiger partial charge in [-0.15, -0.1) is 0 Å². The molecule has 1 N–H and O–H groups in total. The summed E-state index contributed by atoms with van der Waals surface area (Å²) in [5, 5.41) is 3.74. The van der Waals surface area contributed by atoms with E-state index in [9.17, 15) is 0 Å². The van der Waals surface area contributed by atoms with Crippen LogP contribution in [0.5, 0.6) is 0 Å². The minimum atomic E-state index is 0.187. The van der Waals surface area contributed by atoms with E-state index in [0.29, 0.717) is 6.04 Å². The van der Waals surface area contributed by atoms with E-state index < -0.39 is 0 Å². The summed E-state index contributed by atoms with van der Waals surface area (Å²) in [4.78, 5) is 0. The Morgan fingerprint density at radius 2 is 2.32 bits per heavy atom. The normalized spacial score (nSPS) is 30.9. The van der Waals surface area contributed by atoms with E-state index in [-0.39, 0.29) is 5.60 Å². The molecule has 0 amide bonds. The summed E-state index contributed by atoms with van der Waals surface area (Å²) in [6, 6.07) is 9.27. The van der Waals surface area contributed by atoms with Crippen LogP contribution in [0, 0.1) is 6.92 Å². The van der Waals surface area contributed by atoms with Gasteiger partial charge in [-0.3, -0.25) is 0 Å². The quantitative estimate of drug-likeness (QED) is 0.917. The molecule has 0 aromatic heterocycles. The van der Waals surface area contributed by atoms with Crippen LogP contribution in [0.4, 0.5) is 0 Å². The summed E-state index contributed by atoms with van der Waals surface area (Å²) in [6.07, 6.45) is 3.57. The van der Waals surface area contributed by atoms with Gasteiger partial charge < -0.3 is 10.1 Å². The van der Waals surface area contributed by atoms with Crippen LogP contribution in [0.1, 0.15) is 30.4 Å². The molecule has 19 heavy (non-hydrogen) atoms. The third kappa shape index (κ3) is 3.15. The van der Waals surface area contributed by atoms with Gasteiger partial charge in [0.05, 0.1) is 5.60 Å². The van der Waals surface area contributed by atoms with Crippen LogP contribution in [0.25, 0.3) is 0 Å². The first-order valence-electron chi connectivity index (χ1n) is 7.27. The van der Waals surface area contributed by atoms with Gasteiger partial charge in [-0.2, -0.15) is 11.8 Å². The summed E-state index contributed by atoms with van der Waals surface area (Å²) >= 11 is 2.05. The first-order valence-corrected chi connectivity index (χ1v) is 8.43. The molecule has 0 bridgehead atoms. The van der Waals surface area contributed by atoms with Crippen molar-refractivity contribution in [2.75, 3.05) is 18.1 Å². The molecule has 3 rings (SSSR count). The Balaban J connectivity index is 1.57. The molecule has 1 aromatic rings. The summed E-state index contributed by atoms with van der Waals surface area (Å²) < 4.78 is 6.07. The number of nitrogens with one attached hydrogen (secondary N) is 1. The molecule has 0 saturated carbocycles. The van der Waals surface area contributed by atoms with E-state index in [1.54, 1.807) is 0 Å². The molecule has 2 nitrogen and oxygen atoms in total. The monoisotopic (exact) mass is 277 g/mol. The predicted octanol–water partition coefficient (Wildman–Crippen LogP) is 3.14. The van der Waals surface area contributed by atoms with Crippen LogP contribution in [0.15, 0.2) is 24.3 Å². The van der Waals surface area contributed by atoms with E-state index in [4.69, 9.17) is 4.74 Å². The maximum absolute atomic E-state index is 6.07. The van der Waals surface area contributed by atoms with E-state index in [2.05, 4.69) is 36.5 Å². The highest BCUT2D eigenvalue weighted by Gasteiger charge is 2.40. The molecule has 0 radical (unpaired) electrons. The van der Waals surface area contributed by atoms with Crippen LogP contribution in [-0.2, 0) is 11.3 Å². The molecule has 2 saturated heterocycles. The van der Waals surface area contributed by atoms with E-state index in [0.717, 1.165) is 19.6 Å². The van der Waals surface area contributed by atoms with Crippen LogP contribution in [0.3, 0.4) is 0 Å². The number of hydrogen-bond donors (Lipinski definition) is 1. The standard InChI is InChI=1S/C16H23NOS/c1-13-4-2-3-5-14(13)11-17-15-6-8-18-16(10-15)7-9-19-12-16/h2-5,15,17H,6-12H2,1H3. The lowest BCUT2D eigenvalue weighted by atomic mass is 9.89. The Bertz CT molecular complexity index is 429. The van der Waals surface area contributed by atoms with E-state index >= 15 is 0 Å². The first-order chi connectivity index (χ1) is 9.27. The zero-order valence-electron chi connectivity index (χ0n) is 11.7. The van der Waals surface area contributed by atoms with Gasteiger partial charge in [0, 0.05) is 24.9 Å². The van der Waals surface area contributed by atoms with Gasteiger partial charge in [-0.25, -0.2) is 0 Å². The Morgan fingerprint density at radius 1 is 1.42 bits per heavy atom. The molecule has 2 heterocycles. The summed E-state index contributed by atoms with van der Waals surface area (Å²) in [5.74, 6) is 2.46. The van der Waals surface area contributed by atoms with Crippen molar-refractivity contribution in [1.82, 2.24) is 5.32 Å². The predicted molar refractivity (Wildman–Crippen MR) is 81.7 cm³/mol. The molecule has 2 fully saturated rings. The molecule has 2 unspecified atom stereocenters.